The Morgan fingerprint density at radius 3 is 2.94 bits per heavy atom. The van der Waals surface area contributed by atoms with Crippen LogP contribution in [0.15, 0.2) is 28.7 Å². The lowest BCUT2D eigenvalue weighted by Crippen LogP contribution is -2.35. The van der Waals surface area contributed by atoms with E-state index in [1.54, 1.807) is 11.8 Å². The number of carbonyl (C=O) groups is 1. The number of hydrogen-bond donors (Lipinski definition) is 2. The third-order valence-corrected chi connectivity index (χ3v) is 3.46. The number of thioether (sulfide) groups is 1. The van der Waals surface area contributed by atoms with Crippen molar-refractivity contribution < 1.29 is 4.79 Å². The first-order valence-electron chi connectivity index (χ1n) is 5.39. The molecule has 0 fully saturated rings. The Balaban J connectivity index is 2.34. The molecule has 1 atom stereocenters. The summed E-state index contributed by atoms with van der Waals surface area (Å²) in [5.74, 6) is 0.987. The van der Waals surface area contributed by atoms with Crippen molar-refractivity contribution in [1.82, 2.24) is 5.32 Å². The summed E-state index contributed by atoms with van der Waals surface area (Å²) in [5, 5.41) is 6.02. The fourth-order valence-corrected chi connectivity index (χ4v) is 2.36. The lowest BCUT2D eigenvalue weighted by molar-refractivity contribution is -0.115. The molecule has 0 saturated heterocycles. The second-order valence-corrected chi connectivity index (χ2v) is 5.62. The van der Waals surface area contributed by atoms with Crippen molar-refractivity contribution in [3.8, 4) is 0 Å². The molecule has 3 nitrogen and oxygen atoms in total. The normalized spacial score (nSPS) is 12.2. The maximum atomic E-state index is 11.6. The molecular formula is C12H17BrN2OS. The van der Waals surface area contributed by atoms with Crippen LogP contribution in [0.2, 0.25) is 0 Å². The Kier molecular flexibility index (Phi) is 6.62. The molecule has 1 aromatic carbocycles. The molecule has 1 amide bonds. The fraction of sp³-hybridized carbons (Fsp3) is 0.417. The van der Waals surface area contributed by atoms with Gasteiger partial charge in [-0.2, -0.15) is 11.8 Å². The molecule has 1 unspecified atom stereocenters. The maximum absolute atomic E-state index is 11.6. The van der Waals surface area contributed by atoms with Gasteiger partial charge in [-0.3, -0.25) is 4.79 Å². The van der Waals surface area contributed by atoms with Crippen LogP contribution >= 0.6 is 27.7 Å². The van der Waals surface area contributed by atoms with E-state index in [4.69, 9.17) is 0 Å². The van der Waals surface area contributed by atoms with Crippen molar-refractivity contribution >= 4 is 39.3 Å². The van der Waals surface area contributed by atoms with Gasteiger partial charge in [0.1, 0.15) is 0 Å². The van der Waals surface area contributed by atoms with Crippen molar-refractivity contribution in [3.05, 3.63) is 28.7 Å². The van der Waals surface area contributed by atoms with E-state index in [1.165, 1.54) is 0 Å². The summed E-state index contributed by atoms with van der Waals surface area (Å²) >= 11 is 5.13. The first-order valence-corrected chi connectivity index (χ1v) is 7.58. The fourth-order valence-electron chi connectivity index (χ4n) is 1.35. The monoisotopic (exact) mass is 316 g/mol. The van der Waals surface area contributed by atoms with E-state index in [2.05, 4.69) is 39.7 Å². The van der Waals surface area contributed by atoms with Crippen LogP contribution in [0.1, 0.15) is 6.92 Å². The highest BCUT2D eigenvalue weighted by Gasteiger charge is 2.05. The number of anilines is 1. The number of rotatable bonds is 6. The molecule has 0 bridgehead atoms. The molecule has 2 N–H and O–H groups in total. The zero-order chi connectivity index (χ0) is 12.7. The standard InChI is InChI=1S/C12H17BrN2OS/c1-9(8-17-2)14-7-12(16)15-11-5-3-4-10(13)6-11/h3-6,9,14H,7-8H2,1-2H3,(H,15,16). The molecule has 0 heterocycles. The molecular weight excluding hydrogens is 300 g/mol. The maximum Gasteiger partial charge on any atom is 0.238 e. The second kappa shape index (κ2) is 7.74. The van der Waals surface area contributed by atoms with Crippen molar-refractivity contribution in [1.29, 1.82) is 0 Å². The van der Waals surface area contributed by atoms with Crippen LogP contribution in [-0.2, 0) is 4.79 Å². The van der Waals surface area contributed by atoms with E-state index in [0.717, 1.165) is 15.9 Å². The molecule has 0 aliphatic heterocycles. The molecule has 0 spiro atoms. The van der Waals surface area contributed by atoms with Gasteiger partial charge in [-0.15, -0.1) is 0 Å². The Hall–Kier alpha value is -0.520. The van der Waals surface area contributed by atoms with Crippen LogP contribution < -0.4 is 10.6 Å². The van der Waals surface area contributed by atoms with E-state index in [1.807, 2.05) is 24.3 Å². The predicted octanol–water partition coefficient (Wildman–Crippen LogP) is 2.73. The van der Waals surface area contributed by atoms with Gasteiger partial charge in [-0.05, 0) is 31.4 Å². The summed E-state index contributed by atoms with van der Waals surface area (Å²) in [6.07, 6.45) is 2.06. The zero-order valence-corrected chi connectivity index (χ0v) is 12.4. The van der Waals surface area contributed by atoms with Gasteiger partial charge in [0.05, 0.1) is 6.54 Å². The van der Waals surface area contributed by atoms with Gasteiger partial charge >= 0.3 is 0 Å². The SMILES string of the molecule is CSCC(C)NCC(=O)Nc1cccc(Br)c1. The molecule has 0 aromatic heterocycles. The van der Waals surface area contributed by atoms with Crippen LogP contribution in [0.5, 0.6) is 0 Å². The first kappa shape index (κ1) is 14.5. The quantitative estimate of drug-likeness (QED) is 0.848. The molecule has 0 saturated carbocycles. The summed E-state index contributed by atoms with van der Waals surface area (Å²) < 4.78 is 0.957. The minimum Gasteiger partial charge on any atom is -0.325 e. The van der Waals surface area contributed by atoms with Crippen molar-refractivity contribution in [2.45, 2.75) is 13.0 Å². The molecule has 0 aliphatic rings. The van der Waals surface area contributed by atoms with Gasteiger partial charge in [0.15, 0.2) is 0 Å². The minimum absolute atomic E-state index is 0.0175. The molecule has 1 rings (SSSR count). The Labute approximate surface area is 115 Å². The average molecular weight is 317 g/mol. The van der Waals surface area contributed by atoms with E-state index in [9.17, 15) is 4.79 Å². The highest BCUT2D eigenvalue weighted by Crippen LogP contribution is 2.15. The highest BCUT2D eigenvalue weighted by atomic mass is 79.9. The summed E-state index contributed by atoms with van der Waals surface area (Å²) in [7, 11) is 0. The topological polar surface area (TPSA) is 41.1 Å². The van der Waals surface area contributed by atoms with Crippen LogP contribution in [0, 0.1) is 0 Å². The van der Waals surface area contributed by atoms with Crippen LogP contribution in [-0.4, -0.2) is 30.5 Å². The molecule has 17 heavy (non-hydrogen) atoms. The van der Waals surface area contributed by atoms with Crippen molar-refractivity contribution in [3.63, 3.8) is 0 Å². The van der Waals surface area contributed by atoms with Gasteiger partial charge < -0.3 is 10.6 Å². The number of nitrogens with one attached hydrogen (secondary N) is 2. The third kappa shape index (κ3) is 6.10. The number of benzene rings is 1. The van der Waals surface area contributed by atoms with E-state index in [-0.39, 0.29) is 5.91 Å². The Morgan fingerprint density at radius 1 is 1.53 bits per heavy atom. The third-order valence-electron chi connectivity index (χ3n) is 2.14. The predicted molar refractivity (Wildman–Crippen MR) is 78.6 cm³/mol. The van der Waals surface area contributed by atoms with Crippen molar-refractivity contribution in [2.75, 3.05) is 23.9 Å². The molecule has 1 aromatic rings. The smallest absolute Gasteiger partial charge is 0.238 e. The summed E-state index contributed by atoms with van der Waals surface area (Å²) in [5.41, 5.74) is 0.809. The average Bonchev–Trinajstić information content (AvgIpc) is 2.27. The van der Waals surface area contributed by atoms with Gasteiger partial charge in [0, 0.05) is 22.0 Å². The summed E-state index contributed by atoms with van der Waals surface area (Å²) in [4.78, 5) is 11.6. The number of amides is 1. The van der Waals surface area contributed by atoms with Gasteiger partial charge in [0.2, 0.25) is 5.91 Å². The van der Waals surface area contributed by atoms with Crippen LogP contribution in [0.25, 0.3) is 0 Å². The van der Waals surface area contributed by atoms with E-state index >= 15 is 0 Å². The summed E-state index contributed by atoms with van der Waals surface area (Å²) in [6.45, 7) is 2.41. The van der Waals surface area contributed by atoms with Gasteiger partial charge in [0.25, 0.3) is 0 Å². The van der Waals surface area contributed by atoms with Crippen LogP contribution in [0.4, 0.5) is 5.69 Å². The molecule has 0 radical (unpaired) electrons. The molecule has 0 aliphatic carbocycles. The number of carbonyl (C=O) groups excluding carboxylic acids is 1. The highest BCUT2D eigenvalue weighted by molar-refractivity contribution is 9.10. The van der Waals surface area contributed by atoms with Gasteiger partial charge in [-0.25, -0.2) is 0 Å². The molecule has 5 heteroatoms. The van der Waals surface area contributed by atoms with E-state index < -0.39 is 0 Å². The second-order valence-electron chi connectivity index (χ2n) is 3.80. The van der Waals surface area contributed by atoms with Gasteiger partial charge in [-0.1, -0.05) is 22.0 Å². The van der Waals surface area contributed by atoms with Crippen molar-refractivity contribution in [2.24, 2.45) is 0 Å². The molecule has 94 valence electrons. The lowest BCUT2D eigenvalue weighted by atomic mass is 10.3. The van der Waals surface area contributed by atoms with E-state index in [0.29, 0.717) is 12.6 Å². The lowest BCUT2D eigenvalue weighted by Gasteiger charge is -2.12. The Morgan fingerprint density at radius 2 is 2.29 bits per heavy atom. The zero-order valence-electron chi connectivity index (χ0n) is 10.00. The largest absolute Gasteiger partial charge is 0.325 e. The number of hydrogen-bond acceptors (Lipinski definition) is 3. The summed E-state index contributed by atoms with van der Waals surface area (Å²) in [6, 6.07) is 7.91. The minimum atomic E-state index is -0.0175. The van der Waals surface area contributed by atoms with Crippen LogP contribution in [0.3, 0.4) is 0 Å². The first-order chi connectivity index (χ1) is 8.11. The Bertz CT molecular complexity index is 373. The number of halogens is 1.